The number of thiocarbonyl (C=S) groups is 1. The second-order valence-corrected chi connectivity index (χ2v) is 6.63. The molecule has 2 atom stereocenters. The van der Waals surface area contributed by atoms with Gasteiger partial charge in [-0.2, -0.15) is 0 Å². The molecule has 3 N–H and O–H groups in total. The predicted molar refractivity (Wildman–Crippen MR) is 88.6 cm³/mol. The van der Waals surface area contributed by atoms with Gasteiger partial charge in [0, 0.05) is 34.9 Å². The first-order valence-electron chi connectivity index (χ1n) is 7.23. The van der Waals surface area contributed by atoms with E-state index in [1.807, 2.05) is 18.2 Å². The average Bonchev–Trinajstić information content (AvgIpc) is 2.85. The van der Waals surface area contributed by atoms with Crippen LogP contribution in [0.1, 0.15) is 31.2 Å². The Morgan fingerprint density at radius 1 is 1.35 bits per heavy atom. The molecule has 2 aliphatic rings. The lowest BCUT2D eigenvalue weighted by molar-refractivity contribution is 0.188. The Morgan fingerprint density at radius 2 is 2.20 bits per heavy atom. The molecule has 1 aromatic rings. The lowest BCUT2D eigenvalue weighted by atomic mass is 9.97. The molecule has 2 heterocycles. The van der Waals surface area contributed by atoms with Crippen molar-refractivity contribution < 1.29 is 0 Å². The molecule has 20 heavy (non-hydrogen) atoms. The molecule has 0 aliphatic carbocycles. The Bertz CT molecular complexity index is 520. The first-order chi connectivity index (χ1) is 9.63. The van der Waals surface area contributed by atoms with E-state index in [1.165, 1.54) is 38.8 Å². The largest absolute Gasteiger partial charge is 0.389 e. The number of anilines is 1. The highest BCUT2D eigenvalue weighted by molar-refractivity contribution is 7.80. The summed E-state index contributed by atoms with van der Waals surface area (Å²) in [5, 5.41) is 4.32. The second kappa shape index (κ2) is 5.88. The van der Waals surface area contributed by atoms with Gasteiger partial charge in [-0.05, 0) is 50.4 Å². The molecular weight excluding hydrogens is 290 g/mol. The quantitative estimate of drug-likeness (QED) is 0.842. The van der Waals surface area contributed by atoms with E-state index in [0.717, 1.165) is 17.3 Å². The fraction of sp³-hybridized carbons (Fsp3) is 0.533. The van der Waals surface area contributed by atoms with E-state index in [0.29, 0.717) is 16.1 Å². The number of nitrogens with two attached hydrogens (primary N) is 1. The van der Waals surface area contributed by atoms with Crippen LogP contribution in [0.4, 0.5) is 5.69 Å². The fourth-order valence-corrected chi connectivity index (χ4v) is 3.78. The van der Waals surface area contributed by atoms with Gasteiger partial charge in [0.25, 0.3) is 0 Å². The first kappa shape index (κ1) is 14.1. The van der Waals surface area contributed by atoms with Gasteiger partial charge in [-0.25, -0.2) is 0 Å². The predicted octanol–water partition coefficient (Wildman–Crippen LogP) is 3.01. The normalized spacial score (nSPS) is 26.2. The molecule has 2 unspecified atom stereocenters. The lowest BCUT2D eigenvalue weighted by Gasteiger charge is -2.36. The second-order valence-electron chi connectivity index (χ2n) is 5.75. The van der Waals surface area contributed by atoms with E-state index in [9.17, 15) is 0 Å². The van der Waals surface area contributed by atoms with Crippen LogP contribution in [0, 0.1) is 0 Å². The van der Waals surface area contributed by atoms with Crippen LogP contribution < -0.4 is 11.1 Å². The Hall–Kier alpha value is -0.840. The molecule has 0 bridgehead atoms. The van der Waals surface area contributed by atoms with E-state index >= 15 is 0 Å². The summed E-state index contributed by atoms with van der Waals surface area (Å²) in [4.78, 5) is 3.03. The zero-order chi connectivity index (χ0) is 14.1. The van der Waals surface area contributed by atoms with Gasteiger partial charge >= 0.3 is 0 Å². The van der Waals surface area contributed by atoms with Gasteiger partial charge in [-0.1, -0.05) is 23.8 Å². The molecule has 3 rings (SSSR count). The van der Waals surface area contributed by atoms with Crippen molar-refractivity contribution in [3.8, 4) is 0 Å². The monoisotopic (exact) mass is 309 g/mol. The summed E-state index contributed by atoms with van der Waals surface area (Å²) < 4.78 is 0. The maximum atomic E-state index is 6.10. The maximum Gasteiger partial charge on any atom is 0.106 e. The molecule has 0 radical (unpaired) electrons. The molecule has 2 saturated heterocycles. The molecule has 0 aromatic heterocycles. The van der Waals surface area contributed by atoms with Gasteiger partial charge in [0.2, 0.25) is 0 Å². The van der Waals surface area contributed by atoms with E-state index < -0.39 is 0 Å². The number of piperidine rings is 1. The molecule has 2 fully saturated rings. The number of hydrogen-bond acceptors (Lipinski definition) is 3. The summed E-state index contributed by atoms with van der Waals surface area (Å²) in [6.07, 6.45) is 5.03. The summed E-state index contributed by atoms with van der Waals surface area (Å²) in [6.45, 7) is 2.46. The molecule has 0 saturated carbocycles. The van der Waals surface area contributed by atoms with Gasteiger partial charge in [0.15, 0.2) is 0 Å². The minimum Gasteiger partial charge on any atom is -0.389 e. The number of halogens is 1. The number of nitrogens with one attached hydrogen (secondary N) is 1. The SMILES string of the molecule is NC(=S)c1ccc(Cl)cc1NC1CCN2CCCC2C1. The summed E-state index contributed by atoms with van der Waals surface area (Å²) in [7, 11) is 0. The van der Waals surface area contributed by atoms with E-state index in [2.05, 4.69) is 10.2 Å². The van der Waals surface area contributed by atoms with E-state index in [4.69, 9.17) is 29.6 Å². The van der Waals surface area contributed by atoms with Gasteiger partial charge < -0.3 is 16.0 Å². The van der Waals surface area contributed by atoms with Crippen LogP contribution in [0.15, 0.2) is 18.2 Å². The molecule has 108 valence electrons. The van der Waals surface area contributed by atoms with Crippen LogP contribution in [0.3, 0.4) is 0 Å². The summed E-state index contributed by atoms with van der Waals surface area (Å²) in [6, 6.07) is 6.89. The zero-order valence-electron chi connectivity index (χ0n) is 11.4. The highest BCUT2D eigenvalue weighted by Gasteiger charge is 2.31. The van der Waals surface area contributed by atoms with Crippen molar-refractivity contribution >= 4 is 34.5 Å². The Balaban J connectivity index is 1.74. The van der Waals surface area contributed by atoms with Crippen LogP contribution in [-0.4, -0.2) is 35.1 Å². The van der Waals surface area contributed by atoms with Gasteiger partial charge in [0.05, 0.1) is 0 Å². The average molecular weight is 310 g/mol. The van der Waals surface area contributed by atoms with Crippen molar-refractivity contribution in [1.82, 2.24) is 4.90 Å². The highest BCUT2D eigenvalue weighted by atomic mass is 35.5. The van der Waals surface area contributed by atoms with Crippen molar-refractivity contribution in [2.24, 2.45) is 5.73 Å². The number of nitrogens with zero attached hydrogens (tertiary/aromatic N) is 1. The van der Waals surface area contributed by atoms with E-state index in [1.54, 1.807) is 0 Å². The smallest absolute Gasteiger partial charge is 0.106 e. The van der Waals surface area contributed by atoms with Crippen molar-refractivity contribution in [2.45, 2.75) is 37.8 Å². The van der Waals surface area contributed by atoms with Crippen LogP contribution >= 0.6 is 23.8 Å². The van der Waals surface area contributed by atoms with Crippen LogP contribution in [-0.2, 0) is 0 Å². The standard InChI is InChI=1S/C15H20ClN3S/c16-10-3-4-13(15(17)20)14(8-10)18-11-5-7-19-6-1-2-12(19)9-11/h3-4,8,11-12,18H,1-2,5-7,9H2,(H2,17,20). The third kappa shape index (κ3) is 2.92. The van der Waals surface area contributed by atoms with Crippen LogP contribution in [0.5, 0.6) is 0 Å². The fourth-order valence-electron chi connectivity index (χ4n) is 3.43. The maximum absolute atomic E-state index is 6.10. The number of rotatable bonds is 3. The van der Waals surface area contributed by atoms with Crippen LogP contribution in [0.25, 0.3) is 0 Å². The first-order valence-corrected chi connectivity index (χ1v) is 8.02. The third-order valence-corrected chi connectivity index (χ3v) is 4.88. The zero-order valence-corrected chi connectivity index (χ0v) is 13.0. The lowest BCUT2D eigenvalue weighted by Crippen LogP contribution is -2.42. The molecule has 0 amide bonds. The summed E-state index contributed by atoms with van der Waals surface area (Å²) in [5.74, 6) is 0. The Kier molecular flexibility index (Phi) is 4.15. The van der Waals surface area contributed by atoms with Crippen molar-refractivity contribution in [3.63, 3.8) is 0 Å². The molecule has 2 aliphatic heterocycles. The van der Waals surface area contributed by atoms with Gasteiger partial charge in [0.1, 0.15) is 4.99 Å². The minimum absolute atomic E-state index is 0.419. The molecular formula is C15H20ClN3S. The molecule has 0 spiro atoms. The Labute approximate surface area is 130 Å². The summed E-state index contributed by atoms with van der Waals surface area (Å²) in [5.41, 5.74) is 7.66. The van der Waals surface area contributed by atoms with Crippen molar-refractivity contribution in [3.05, 3.63) is 28.8 Å². The molecule has 5 heteroatoms. The number of benzene rings is 1. The van der Waals surface area contributed by atoms with Crippen LogP contribution in [0.2, 0.25) is 5.02 Å². The van der Waals surface area contributed by atoms with Gasteiger partial charge in [-0.15, -0.1) is 0 Å². The third-order valence-electron chi connectivity index (χ3n) is 4.43. The summed E-state index contributed by atoms with van der Waals surface area (Å²) >= 11 is 11.2. The number of hydrogen-bond donors (Lipinski definition) is 2. The molecule has 1 aromatic carbocycles. The molecule has 3 nitrogen and oxygen atoms in total. The minimum atomic E-state index is 0.419. The van der Waals surface area contributed by atoms with Crippen molar-refractivity contribution in [2.75, 3.05) is 18.4 Å². The topological polar surface area (TPSA) is 41.3 Å². The number of fused-ring (bicyclic) bond motifs is 1. The van der Waals surface area contributed by atoms with Crippen molar-refractivity contribution in [1.29, 1.82) is 0 Å². The van der Waals surface area contributed by atoms with Gasteiger partial charge in [-0.3, -0.25) is 0 Å². The highest BCUT2D eigenvalue weighted by Crippen LogP contribution is 2.30. The van der Waals surface area contributed by atoms with E-state index in [-0.39, 0.29) is 0 Å². The Morgan fingerprint density at radius 3 is 3.00 bits per heavy atom.